The average Bonchev–Trinajstić information content (AvgIpc) is 2.24. The molecule has 1 aromatic carbocycles. The van der Waals surface area contributed by atoms with E-state index in [9.17, 15) is 4.79 Å². The second kappa shape index (κ2) is 5.14. The highest BCUT2D eigenvalue weighted by Crippen LogP contribution is 2.27. The number of nitrogens with two attached hydrogens (primary N) is 1. The average molecular weight is 315 g/mol. The number of benzene rings is 1. The molecule has 3 nitrogen and oxygen atoms in total. The van der Waals surface area contributed by atoms with Crippen LogP contribution < -0.4 is 11.1 Å². The van der Waals surface area contributed by atoms with Crippen molar-refractivity contribution in [2.24, 2.45) is 11.1 Å². The molecular formula is C12H15BrN2OS. The van der Waals surface area contributed by atoms with Gasteiger partial charge in [-0.1, -0.05) is 24.4 Å². The van der Waals surface area contributed by atoms with E-state index < -0.39 is 5.41 Å². The van der Waals surface area contributed by atoms with E-state index in [0.29, 0.717) is 0 Å². The lowest BCUT2D eigenvalue weighted by Crippen LogP contribution is -2.41. The predicted molar refractivity (Wildman–Crippen MR) is 78.1 cm³/mol. The number of hydrogen-bond donors (Lipinski definition) is 2. The molecule has 3 N–H and O–H groups in total. The molecule has 1 aromatic rings. The molecule has 0 fully saturated rings. The molecule has 0 unspecified atom stereocenters. The van der Waals surface area contributed by atoms with E-state index in [1.54, 1.807) is 13.8 Å². The molecule has 0 saturated heterocycles. The second-order valence-corrected chi connectivity index (χ2v) is 5.61. The van der Waals surface area contributed by atoms with E-state index in [2.05, 4.69) is 21.2 Å². The van der Waals surface area contributed by atoms with Crippen LogP contribution in [-0.2, 0) is 4.79 Å². The fourth-order valence-electron chi connectivity index (χ4n) is 1.13. The van der Waals surface area contributed by atoms with Crippen LogP contribution in [0.2, 0.25) is 0 Å². The Labute approximate surface area is 115 Å². The monoisotopic (exact) mass is 314 g/mol. The summed E-state index contributed by atoms with van der Waals surface area (Å²) in [5.74, 6) is -0.212. The molecule has 0 atom stereocenters. The second-order valence-electron chi connectivity index (χ2n) is 4.38. The molecule has 92 valence electrons. The van der Waals surface area contributed by atoms with Gasteiger partial charge < -0.3 is 11.1 Å². The molecule has 0 aliphatic carbocycles. The summed E-state index contributed by atoms with van der Waals surface area (Å²) in [7, 11) is 0. The molecule has 0 saturated carbocycles. The molecular weight excluding hydrogens is 300 g/mol. The van der Waals surface area contributed by atoms with E-state index in [4.69, 9.17) is 18.0 Å². The topological polar surface area (TPSA) is 55.1 Å². The quantitative estimate of drug-likeness (QED) is 0.843. The van der Waals surface area contributed by atoms with Gasteiger partial charge in [0.2, 0.25) is 5.91 Å². The van der Waals surface area contributed by atoms with E-state index in [-0.39, 0.29) is 10.9 Å². The third-order valence-electron chi connectivity index (χ3n) is 2.62. The molecule has 0 aliphatic rings. The van der Waals surface area contributed by atoms with Crippen LogP contribution in [0.15, 0.2) is 22.7 Å². The molecule has 0 bridgehead atoms. The van der Waals surface area contributed by atoms with Crippen molar-refractivity contribution < 1.29 is 4.79 Å². The Balaban J connectivity index is 2.97. The van der Waals surface area contributed by atoms with Crippen molar-refractivity contribution in [1.82, 2.24) is 0 Å². The molecule has 0 aliphatic heterocycles. The first kappa shape index (κ1) is 14.1. The maximum atomic E-state index is 12.0. The van der Waals surface area contributed by atoms with Crippen molar-refractivity contribution >= 4 is 44.7 Å². The number of thiocarbonyl (C=S) groups is 1. The molecule has 1 rings (SSSR count). The van der Waals surface area contributed by atoms with E-state index in [1.807, 2.05) is 25.1 Å². The first-order valence-electron chi connectivity index (χ1n) is 5.13. The molecule has 0 radical (unpaired) electrons. The summed E-state index contributed by atoms with van der Waals surface area (Å²) in [4.78, 5) is 12.2. The number of carbonyl (C=O) groups is 1. The Morgan fingerprint density at radius 1 is 1.47 bits per heavy atom. The van der Waals surface area contributed by atoms with Gasteiger partial charge in [-0.15, -0.1) is 0 Å². The standard InChI is InChI=1S/C12H15BrN2OS/c1-7-5-4-6-8(9(7)13)15-11(16)12(2,3)10(14)17/h4-6H,1-3H3,(H2,14,17)(H,15,16). The summed E-state index contributed by atoms with van der Waals surface area (Å²) in [5.41, 5.74) is 6.46. The Morgan fingerprint density at radius 3 is 2.59 bits per heavy atom. The third kappa shape index (κ3) is 3.04. The van der Waals surface area contributed by atoms with Gasteiger partial charge in [0, 0.05) is 4.47 Å². The fraction of sp³-hybridized carbons (Fsp3) is 0.333. The number of rotatable bonds is 3. The summed E-state index contributed by atoms with van der Waals surface area (Å²) in [6, 6.07) is 5.66. The molecule has 0 aromatic heterocycles. The van der Waals surface area contributed by atoms with Crippen LogP contribution in [0.5, 0.6) is 0 Å². The van der Waals surface area contributed by atoms with Gasteiger partial charge in [-0.2, -0.15) is 0 Å². The van der Waals surface area contributed by atoms with Crippen LogP contribution in [0.4, 0.5) is 5.69 Å². The summed E-state index contributed by atoms with van der Waals surface area (Å²) < 4.78 is 0.868. The van der Waals surface area contributed by atoms with Crippen molar-refractivity contribution in [1.29, 1.82) is 0 Å². The van der Waals surface area contributed by atoms with Gasteiger partial charge in [-0.05, 0) is 48.3 Å². The number of nitrogens with one attached hydrogen (secondary N) is 1. The minimum Gasteiger partial charge on any atom is -0.392 e. The smallest absolute Gasteiger partial charge is 0.236 e. The summed E-state index contributed by atoms with van der Waals surface area (Å²) >= 11 is 8.32. The van der Waals surface area contributed by atoms with Crippen LogP contribution in [0, 0.1) is 12.3 Å². The van der Waals surface area contributed by atoms with Crippen LogP contribution in [-0.4, -0.2) is 10.9 Å². The number of hydrogen-bond acceptors (Lipinski definition) is 2. The highest BCUT2D eigenvalue weighted by molar-refractivity contribution is 9.10. The number of carbonyl (C=O) groups excluding carboxylic acids is 1. The highest BCUT2D eigenvalue weighted by atomic mass is 79.9. The Morgan fingerprint density at radius 2 is 2.06 bits per heavy atom. The Hall–Kier alpha value is -0.940. The lowest BCUT2D eigenvalue weighted by atomic mass is 9.92. The molecule has 17 heavy (non-hydrogen) atoms. The SMILES string of the molecule is Cc1cccc(NC(=O)C(C)(C)C(N)=S)c1Br. The maximum absolute atomic E-state index is 12.0. The lowest BCUT2D eigenvalue weighted by molar-refractivity contribution is -0.121. The van der Waals surface area contributed by atoms with Crippen molar-refractivity contribution in [3.63, 3.8) is 0 Å². The largest absolute Gasteiger partial charge is 0.392 e. The van der Waals surface area contributed by atoms with Crippen molar-refractivity contribution in [2.75, 3.05) is 5.32 Å². The van der Waals surface area contributed by atoms with Crippen LogP contribution in [0.1, 0.15) is 19.4 Å². The van der Waals surface area contributed by atoms with Gasteiger partial charge in [-0.3, -0.25) is 4.79 Å². The van der Waals surface area contributed by atoms with E-state index >= 15 is 0 Å². The van der Waals surface area contributed by atoms with Gasteiger partial charge >= 0.3 is 0 Å². The van der Waals surface area contributed by atoms with Gasteiger partial charge in [-0.25, -0.2) is 0 Å². The van der Waals surface area contributed by atoms with Crippen LogP contribution in [0.25, 0.3) is 0 Å². The third-order valence-corrected chi connectivity index (χ3v) is 4.19. The highest BCUT2D eigenvalue weighted by Gasteiger charge is 2.31. The summed E-state index contributed by atoms with van der Waals surface area (Å²) in [6.07, 6.45) is 0. The van der Waals surface area contributed by atoms with Gasteiger partial charge in [0.1, 0.15) is 0 Å². The first-order chi connectivity index (χ1) is 7.76. The van der Waals surface area contributed by atoms with Gasteiger partial charge in [0.15, 0.2) is 0 Å². The maximum Gasteiger partial charge on any atom is 0.236 e. The van der Waals surface area contributed by atoms with Crippen molar-refractivity contribution in [3.05, 3.63) is 28.2 Å². The fourth-order valence-corrected chi connectivity index (χ4v) is 1.59. The zero-order valence-corrected chi connectivity index (χ0v) is 12.4. The minimum atomic E-state index is -0.863. The van der Waals surface area contributed by atoms with Crippen LogP contribution >= 0.6 is 28.1 Å². The number of anilines is 1. The lowest BCUT2D eigenvalue weighted by Gasteiger charge is -2.22. The van der Waals surface area contributed by atoms with Crippen molar-refractivity contribution in [3.8, 4) is 0 Å². The van der Waals surface area contributed by atoms with Crippen molar-refractivity contribution in [2.45, 2.75) is 20.8 Å². The zero-order valence-electron chi connectivity index (χ0n) is 10.0. The number of amides is 1. The van der Waals surface area contributed by atoms with E-state index in [0.717, 1.165) is 15.7 Å². The normalized spacial score (nSPS) is 11.1. The van der Waals surface area contributed by atoms with Gasteiger partial charge in [0.05, 0.1) is 16.1 Å². The summed E-state index contributed by atoms with van der Waals surface area (Å²) in [6.45, 7) is 5.36. The van der Waals surface area contributed by atoms with E-state index in [1.165, 1.54) is 0 Å². The molecule has 0 heterocycles. The molecule has 1 amide bonds. The predicted octanol–water partition coefficient (Wildman–Crippen LogP) is 3.01. The first-order valence-corrected chi connectivity index (χ1v) is 6.33. The van der Waals surface area contributed by atoms with Crippen LogP contribution in [0.3, 0.4) is 0 Å². The zero-order chi connectivity index (χ0) is 13.2. The molecule has 0 spiro atoms. The minimum absolute atomic E-state index is 0.179. The molecule has 5 heteroatoms. The summed E-state index contributed by atoms with van der Waals surface area (Å²) in [5, 5.41) is 2.82. The Kier molecular flexibility index (Phi) is 4.27. The number of halogens is 1. The van der Waals surface area contributed by atoms with Gasteiger partial charge in [0.25, 0.3) is 0 Å². The number of aryl methyl sites for hydroxylation is 1. The Bertz CT molecular complexity index is 472.